The summed E-state index contributed by atoms with van der Waals surface area (Å²) in [6.07, 6.45) is -4.35. The molecule has 106 valence electrons. The highest BCUT2D eigenvalue weighted by atomic mass is 35.5. The van der Waals surface area contributed by atoms with Gasteiger partial charge < -0.3 is 4.90 Å². The molecule has 1 aliphatic rings. The first-order chi connectivity index (χ1) is 8.91. The van der Waals surface area contributed by atoms with E-state index in [2.05, 4.69) is 6.92 Å². The maximum absolute atomic E-state index is 13.0. The molecule has 1 aromatic carbocycles. The van der Waals surface area contributed by atoms with Crippen LogP contribution in [0.5, 0.6) is 0 Å². The Hall–Kier alpha value is -0.550. The molecular weight excluding hydrogens is 295 g/mol. The molecule has 0 saturated carbocycles. The molecule has 1 aromatic rings. The highest BCUT2D eigenvalue weighted by molar-refractivity contribution is 8.00. The standard InChI is InChI=1S/C13H15ClF3NS/c1-9-8-18(4-5-19-9)11-3-2-10(7-14)12(6-11)13(15,16)17/h2-3,6,9H,4-5,7-8H2,1H3. The van der Waals surface area contributed by atoms with Gasteiger partial charge in [0.25, 0.3) is 0 Å². The third-order valence-corrected chi connectivity index (χ3v) is 4.57. The zero-order chi connectivity index (χ0) is 14.0. The number of hydrogen-bond donors (Lipinski definition) is 0. The Balaban J connectivity index is 2.32. The first-order valence-electron chi connectivity index (χ1n) is 6.04. The van der Waals surface area contributed by atoms with Crippen molar-refractivity contribution in [3.05, 3.63) is 29.3 Å². The van der Waals surface area contributed by atoms with Gasteiger partial charge in [0.05, 0.1) is 5.56 Å². The van der Waals surface area contributed by atoms with E-state index < -0.39 is 11.7 Å². The molecule has 1 unspecified atom stereocenters. The van der Waals surface area contributed by atoms with Crippen LogP contribution in [0, 0.1) is 0 Å². The number of nitrogens with zero attached hydrogens (tertiary/aromatic N) is 1. The Bertz CT molecular complexity index is 450. The average molecular weight is 310 g/mol. The molecule has 0 spiro atoms. The van der Waals surface area contributed by atoms with Crippen LogP contribution in [-0.4, -0.2) is 24.1 Å². The molecule has 6 heteroatoms. The van der Waals surface area contributed by atoms with Gasteiger partial charge in [-0.25, -0.2) is 0 Å². The second-order valence-corrected chi connectivity index (χ2v) is 6.41. The second kappa shape index (κ2) is 5.83. The van der Waals surface area contributed by atoms with Crippen molar-refractivity contribution < 1.29 is 13.2 Å². The summed E-state index contributed by atoms with van der Waals surface area (Å²) in [5, 5.41) is 0.441. The zero-order valence-electron chi connectivity index (χ0n) is 10.5. The maximum Gasteiger partial charge on any atom is 0.416 e. The second-order valence-electron chi connectivity index (χ2n) is 4.60. The van der Waals surface area contributed by atoms with Gasteiger partial charge in [0.15, 0.2) is 0 Å². The topological polar surface area (TPSA) is 3.24 Å². The fourth-order valence-corrected chi connectivity index (χ4v) is 3.44. The minimum atomic E-state index is -4.35. The summed E-state index contributed by atoms with van der Waals surface area (Å²) in [5.74, 6) is 0.821. The van der Waals surface area contributed by atoms with Crippen molar-refractivity contribution in [1.82, 2.24) is 0 Å². The lowest BCUT2D eigenvalue weighted by Crippen LogP contribution is -2.36. The smallest absolute Gasteiger partial charge is 0.370 e. The number of halogens is 4. The molecule has 2 rings (SSSR count). The van der Waals surface area contributed by atoms with Gasteiger partial charge in [0.2, 0.25) is 0 Å². The molecule has 1 nitrogen and oxygen atoms in total. The first-order valence-corrected chi connectivity index (χ1v) is 7.63. The molecule has 0 N–H and O–H groups in total. The molecule has 1 aliphatic heterocycles. The molecule has 0 aromatic heterocycles. The summed E-state index contributed by atoms with van der Waals surface area (Å²) in [6, 6.07) is 4.44. The zero-order valence-corrected chi connectivity index (χ0v) is 12.1. The average Bonchev–Trinajstić information content (AvgIpc) is 2.37. The fraction of sp³-hybridized carbons (Fsp3) is 0.538. The van der Waals surface area contributed by atoms with Crippen molar-refractivity contribution in [3.8, 4) is 0 Å². The number of hydrogen-bond acceptors (Lipinski definition) is 2. The van der Waals surface area contributed by atoms with E-state index in [4.69, 9.17) is 11.6 Å². The van der Waals surface area contributed by atoms with Crippen molar-refractivity contribution in [3.63, 3.8) is 0 Å². The Morgan fingerprint density at radius 3 is 2.74 bits per heavy atom. The molecule has 0 bridgehead atoms. The van der Waals surface area contributed by atoms with Crippen molar-refractivity contribution >= 4 is 29.1 Å². The summed E-state index contributed by atoms with van der Waals surface area (Å²) in [7, 11) is 0. The number of thioether (sulfide) groups is 1. The molecule has 19 heavy (non-hydrogen) atoms. The molecule has 0 radical (unpaired) electrons. The van der Waals surface area contributed by atoms with E-state index in [1.54, 1.807) is 6.07 Å². The van der Waals surface area contributed by atoms with Gasteiger partial charge in [-0.05, 0) is 17.7 Å². The summed E-state index contributed by atoms with van der Waals surface area (Å²) in [4.78, 5) is 2.01. The van der Waals surface area contributed by atoms with E-state index >= 15 is 0 Å². The van der Waals surface area contributed by atoms with E-state index in [0.717, 1.165) is 18.8 Å². The summed E-state index contributed by atoms with van der Waals surface area (Å²) in [5.41, 5.74) is 0.150. The summed E-state index contributed by atoms with van der Waals surface area (Å²) < 4.78 is 38.9. The van der Waals surface area contributed by atoms with E-state index in [1.165, 1.54) is 12.1 Å². The van der Waals surface area contributed by atoms with E-state index in [0.29, 0.717) is 10.9 Å². The van der Waals surface area contributed by atoms with Crippen LogP contribution < -0.4 is 4.90 Å². The van der Waals surface area contributed by atoms with E-state index in [9.17, 15) is 13.2 Å². The van der Waals surface area contributed by atoms with Crippen molar-refractivity contribution in [2.75, 3.05) is 23.7 Å². The number of alkyl halides is 4. The van der Waals surface area contributed by atoms with Crippen LogP contribution in [0.25, 0.3) is 0 Å². The molecular formula is C13H15ClF3NS. The Labute approximate surface area is 120 Å². The van der Waals surface area contributed by atoms with Gasteiger partial charge in [0, 0.05) is 35.7 Å². The molecule has 1 heterocycles. The SMILES string of the molecule is CC1CN(c2ccc(CCl)c(C(F)(F)F)c2)CCS1. The summed E-state index contributed by atoms with van der Waals surface area (Å²) >= 11 is 7.43. The van der Waals surface area contributed by atoms with E-state index in [-0.39, 0.29) is 11.4 Å². The molecule has 1 fully saturated rings. The number of benzene rings is 1. The third-order valence-electron chi connectivity index (χ3n) is 3.15. The monoisotopic (exact) mass is 309 g/mol. The van der Waals surface area contributed by atoms with Crippen LogP contribution in [0.1, 0.15) is 18.1 Å². The highest BCUT2D eigenvalue weighted by Gasteiger charge is 2.34. The van der Waals surface area contributed by atoms with Crippen molar-refractivity contribution in [2.24, 2.45) is 0 Å². The molecule has 1 saturated heterocycles. The molecule has 1 atom stereocenters. The van der Waals surface area contributed by atoms with Gasteiger partial charge in [-0.2, -0.15) is 24.9 Å². The van der Waals surface area contributed by atoms with Crippen LogP contribution in [0.4, 0.5) is 18.9 Å². The van der Waals surface area contributed by atoms with Gasteiger partial charge in [0.1, 0.15) is 0 Å². The van der Waals surface area contributed by atoms with Gasteiger partial charge in [-0.3, -0.25) is 0 Å². The van der Waals surface area contributed by atoms with E-state index in [1.807, 2.05) is 16.7 Å². The lowest BCUT2D eigenvalue weighted by Gasteiger charge is -2.33. The molecule has 0 aliphatic carbocycles. The summed E-state index contributed by atoms with van der Waals surface area (Å²) in [6.45, 7) is 3.66. The van der Waals surface area contributed by atoms with Crippen LogP contribution >= 0.6 is 23.4 Å². The first kappa shape index (κ1) is 14.9. The van der Waals surface area contributed by atoms with Gasteiger partial charge in [-0.15, -0.1) is 11.6 Å². The minimum Gasteiger partial charge on any atom is -0.370 e. The van der Waals surface area contributed by atoms with Crippen LogP contribution in [-0.2, 0) is 12.1 Å². The Morgan fingerprint density at radius 1 is 1.42 bits per heavy atom. The van der Waals surface area contributed by atoms with Crippen LogP contribution in [0.3, 0.4) is 0 Å². The number of anilines is 1. The Kier molecular flexibility index (Phi) is 4.56. The highest BCUT2D eigenvalue weighted by Crippen LogP contribution is 2.36. The maximum atomic E-state index is 13.0. The predicted molar refractivity (Wildman–Crippen MR) is 75.1 cm³/mol. The lowest BCUT2D eigenvalue weighted by atomic mass is 10.1. The fourth-order valence-electron chi connectivity index (χ4n) is 2.19. The number of rotatable bonds is 2. The molecule has 0 amide bonds. The minimum absolute atomic E-state index is 0.124. The van der Waals surface area contributed by atoms with Crippen molar-refractivity contribution in [2.45, 2.75) is 24.2 Å². The normalized spacial score (nSPS) is 20.7. The Morgan fingerprint density at radius 2 is 2.16 bits per heavy atom. The van der Waals surface area contributed by atoms with Crippen molar-refractivity contribution in [1.29, 1.82) is 0 Å². The quantitative estimate of drug-likeness (QED) is 0.746. The van der Waals surface area contributed by atoms with Crippen LogP contribution in [0.2, 0.25) is 0 Å². The predicted octanol–water partition coefficient (Wildman–Crippen LogP) is 4.39. The van der Waals surface area contributed by atoms with Gasteiger partial charge >= 0.3 is 6.18 Å². The lowest BCUT2D eigenvalue weighted by molar-refractivity contribution is -0.138. The van der Waals surface area contributed by atoms with Crippen LogP contribution in [0.15, 0.2) is 18.2 Å². The van der Waals surface area contributed by atoms with Gasteiger partial charge in [-0.1, -0.05) is 13.0 Å². The largest absolute Gasteiger partial charge is 0.416 e. The third kappa shape index (κ3) is 3.51.